The van der Waals surface area contributed by atoms with Crippen molar-refractivity contribution >= 4 is 5.91 Å². The zero-order valence-electron chi connectivity index (χ0n) is 7.31. The van der Waals surface area contributed by atoms with E-state index in [1.165, 1.54) is 7.11 Å². The fourth-order valence-electron chi connectivity index (χ4n) is 0.627. The van der Waals surface area contributed by atoms with Crippen LogP contribution in [0.3, 0.4) is 0 Å². The Bertz CT molecular complexity index is 152. The third-order valence-electron chi connectivity index (χ3n) is 1.29. The first-order chi connectivity index (χ1) is 5.22. The van der Waals surface area contributed by atoms with E-state index in [2.05, 4.69) is 17.2 Å². The topological polar surface area (TPSA) is 38.3 Å². The first-order valence-corrected chi connectivity index (χ1v) is 3.72. The molecule has 0 aromatic carbocycles. The highest BCUT2D eigenvalue weighted by molar-refractivity contribution is 5.91. The predicted octanol–water partition coefficient (Wildman–Crippen LogP) is 1.41. The quantitative estimate of drug-likeness (QED) is 0.495. The van der Waals surface area contributed by atoms with Crippen LogP contribution < -0.4 is 5.48 Å². The second-order valence-corrected chi connectivity index (χ2v) is 2.31. The number of carbonyl (C=O) groups is 1. The van der Waals surface area contributed by atoms with Gasteiger partial charge in [0.25, 0.3) is 5.91 Å². The normalized spacial score (nSPS) is 11.4. The maximum Gasteiger partial charge on any atom is 0.270 e. The van der Waals surface area contributed by atoms with Crippen LogP contribution in [-0.2, 0) is 9.63 Å². The zero-order valence-corrected chi connectivity index (χ0v) is 7.31. The maximum absolute atomic E-state index is 10.9. The van der Waals surface area contributed by atoms with Crippen molar-refractivity contribution in [2.75, 3.05) is 7.11 Å². The van der Waals surface area contributed by atoms with Gasteiger partial charge in [-0.2, -0.15) is 0 Å². The molecule has 64 valence electrons. The molecule has 3 heteroatoms. The number of hydrogen-bond donors (Lipinski definition) is 1. The molecule has 11 heavy (non-hydrogen) atoms. The van der Waals surface area contributed by atoms with Gasteiger partial charge in [-0.3, -0.25) is 9.63 Å². The van der Waals surface area contributed by atoms with Gasteiger partial charge in [0.1, 0.15) is 0 Å². The molecule has 3 nitrogen and oxygen atoms in total. The molecule has 0 aliphatic carbocycles. The number of hydroxylamine groups is 1. The molecule has 0 saturated heterocycles. The van der Waals surface area contributed by atoms with Crippen molar-refractivity contribution in [1.82, 2.24) is 5.48 Å². The van der Waals surface area contributed by atoms with E-state index in [0.29, 0.717) is 5.57 Å². The Balaban J connectivity index is 3.80. The highest BCUT2D eigenvalue weighted by Crippen LogP contribution is 1.97. The van der Waals surface area contributed by atoms with Gasteiger partial charge in [-0.15, -0.1) is 0 Å². The monoisotopic (exact) mass is 157 g/mol. The molecule has 0 bridgehead atoms. The predicted molar refractivity (Wildman–Crippen MR) is 43.8 cm³/mol. The molecule has 0 aliphatic heterocycles. The van der Waals surface area contributed by atoms with Gasteiger partial charge >= 0.3 is 0 Å². The molecule has 0 atom stereocenters. The first kappa shape index (κ1) is 10.2. The Kier molecular flexibility index (Phi) is 5.47. The number of nitrogens with one attached hydrogen (secondary N) is 1. The van der Waals surface area contributed by atoms with Crippen molar-refractivity contribution in [2.24, 2.45) is 0 Å². The van der Waals surface area contributed by atoms with Crippen LogP contribution >= 0.6 is 0 Å². The molecule has 0 heterocycles. The molecule has 0 radical (unpaired) electrons. The van der Waals surface area contributed by atoms with E-state index in [1.807, 2.05) is 6.08 Å². The third-order valence-corrected chi connectivity index (χ3v) is 1.29. The number of allylic oxidation sites excluding steroid dienone is 1. The van der Waals surface area contributed by atoms with E-state index in [9.17, 15) is 4.79 Å². The molecular weight excluding hydrogens is 142 g/mol. The summed E-state index contributed by atoms with van der Waals surface area (Å²) < 4.78 is 0. The van der Waals surface area contributed by atoms with E-state index < -0.39 is 0 Å². The van der Waals surface area contributed by atoms with Crippen molar-refractivity contribution in [2.45, 2.75) is 26.7 Å². The van der Waals surface area contributed by atoms with Crippen LogP contribution in [0.15, 0.2) is 11.6 Å². The van der Waals surface area contributed by atoms with Crippen LogP contribution in [0, 0.1) is 0 Å². The average Bonchev–Trinajstić information content (AvgIpc) is 2.00. The molecule has 0 rings (SSSR count). The number of rotatable bonds is 4. The van der Waals surface area contributed by atoms with Gasteiger partial charge in [0.05, 0.1) is 7.11 Å². The standard InChI is InChI=1S/C8H15NO2/c1-4-5-6-7(2)8(10)9-11-3/h6H,4-5H2,1-3H3,(H,9,10). The van der Waals surface area contributed by atoms with Crippen LogP contribution in [-0.4, -0.2) is 13.0 Å². The maximum atomic E-state index is 10.9. The fraction of sp³-hybridized carbons (Fsp3) is 0.625. The van der Waals surface area contributed by atoms with Crippen molar-refractivity contribution < 1.29 is 9.63 Å². The summed E-state index contributed by atoms with van der Waals surface area (Å²) in [7, 11) is 1.42. The van der Waals surface area contributed by atoms with E-state index in [-0.39, 0.29) is 5.91 Å². The van der Waals surface area contributed by atoms with Gasteiger partial charge in [0.15, 0.2) is 0 Å². The zero-order chi connectivity index (χ0) is 8.69. The number of amides is 1. The molecule has 0 saturated carbocycles. The van der Waals surface area contributed by atoms with Crippen LogP contribution in [0.1, 0.15) is 26.7 Å². The summed E-state index contributed by atoms with van der Waals surface area (Å²) in [6.07, 6.45) is 3.88. The van der Waals surface area contributed by atoms with Gasteiger partial charge in [-0.05, 0) is 13.3 Å². The molecule has 0 aromatic heterocycles. The molecule has 0 aromatic rings. The minimum atomic E-state index is -0.166. The molecule has 1 amide bonds. The molecular formula is C8H15NO2. The summed E-state index contributed by atoms with van der Waals surface area (Å²) >= 11 is 0. The second-order valence-electron chi connectivity index (χ2n) is 2.31. The van der Waals surface area contributed by atoms with Gasteiger partial charge in [0, 0.05) is 5.57 Å². The average molecular weight is 157 g/mol. The summed E-state index contributed by atoms with van der Waals surface area (Å²) in [5.41, 5.74) is 2.95. The molecule has 1 N–H and O–H groups in total. The van der Waals surface area contributed by atoms with Crippen molar-refractivity contribution in [1.29, 1.82) is 0 Å². The highest BCUT2D eigenvalue weighted by Gasteiger charge is 2.00. The molecule has 0 fully saturated rings. The number of carbonyl (C=O) groups excluding carboxylic acids is 1. The second kappa shape index (κ2) is 5.92. The largest absolute Gasteiger partial charge is 0.277 e. The van der Waals surface area contributed by atoms with Gasteiger partial charge in [0.2, 0.25) is 0 Å². The minimum Gasteiger partial charge on any atom is -0.277 e. The van der Waals surface area contributed by atoms with E-state index in [0.717, 1.165) is 12.8 Å². The summed E-state index contributed by atoms with van der Waals surface area (Å²) in [6, 6.07) is 0. The molecule has 0 aliphatic rings. The fourth-order valence-corrected chi connectivity index (χ4v) is 0.627. The number of unbranched alkanes of at least 4 members (excludes halogenated alkanes) is 1. The van der Waals surface area contributed by atoms with Crippen LogP contribution in [0.25, 0.3) is 0 Å². The third kappa shape index (κ3) is 4.56. The first-order valence-electron chi connectivity index (χ1n) is 3.72. The summed E-state index contributed by atoms with van der Waals surface area (Å²) in [5.74, 6) is -0.166. The Hall–Kier alpha value is -0.830. The van der Waals surface area contributed by atoms with Gasteiger partial charge < -0.3 is 0 Å². The van der Waals surface area contributed by atoms with Crippen LogP contribution in [0.4, 0.5) is 0 Å². The molecule has 0 unspecified atom stereocenters. The van der Waals surface area contributed by atoms with E-state index in [1.54, 1.807) is 6.92 Å². The van der Waals surface area contributed by atoms with Crippen molar-refractivity contribution in [3.8, 4) is 0 Å². The smallest absolute Gasteiger partial charge is 0.270 e. The van der Waals surface area contributed by atoms with E-state index in [4.69, 9.17) is 0 Å². The Morgan fingerprint density at radius 1 is 1.64 bits per heavy atom. The number of hydrogen-bond acceptors (Lipinski definition) is 2. The van der Waals surface area contributed by atoms with Gasteiger partial charge in [-0.1, -0.05) is 19.4 Å². The SMILES string of the molecule is CCCC=C(C)C(=O)NOC. The van der Waals surface area contributed by atoms with Crippen molar-refractivity contribution in [3.63, 3.8) is 0 Å². The van der Waals surface area contributed by atoms with Crippen molar-refractivity contribution in [3.05, 3.63) is 11.6 Å². The van der Waals surface area contributed by atoms with Gasteiger partial charge in [-0.25, -0.2) is 5.48 Å². The Labute approximate surface area is 67.4 Å². The lowest BCUT2D eigenvalue weighted by Gasteiger charge is -2.00. The summed E-state index contributed by atoms with van der Waals surface area (Å²) in [4.78, 5) is 15.4. The highest BCUT2D eigenvalue weighted by atomic mass is 16.6. The Morgan fingerprint density at radius 2 is 2.27 bits per heavy atom. The van der Waals surface area contributed by atoms with Crippen LogP contribution in [0.2, 0.25) is 0 Å². The summed E-state index contributed by atoms with van der Waals surface area (Å²) in [5, 5.41) is 0. The minimum absolute atomic E-state index is 0.166. The Morgan fingerprint density at radius 3 is 2.73 bits per heavy atom. The van der Waals surface area contributed by atoms with E-state index >= 15 is 0 Å². The lowest BCUT2D eigenvalue weighted by molar-refractivity contribution is -0.127. The lowest BCUT2D eigenvalue weighted by Crippen LogP contribution is -2.22. The lowest BCUT2D eigenvalue weighted by atomic mass is 10.2. The van der Waals surface area contributed by atoms with Crippen LogP contribution in [0.5, 0.6) is 0 Å². The summed E-state index contributed by atoms with van der Waals surface area (Å²) in [6.45, 7) is 3.84. The molecule has 0 spiro atoms.